The fraction of sp³-hybridized carbons (Fsp3) is 1.00. The first-order valence-electron chi connectivity index (χ1n) is 4.73. The molecule has 80 valence electrons. The summed E-state index contributed by atoms with van der Waals surface area (Å²) in [6.07, 6.45) is 6.65. The third-order valence-electron chi connectivity index (χ3n) is 1.75. The van der Waals surface area contributed by atoms with Gasteiger partial charge in [0.2, 0.25) is 0 Å². The second kappa shape index (κ2) is 10.7. The smallest absolute Gasteiger partial charge is 0.812 e. The van der Waals surface area contributed by atoms with Crippen LogP contribution in [0.3, 0.4) is 0 Å². The zero-order valence-corrected chi connectivity index (χ0v) is 13.4. The molecule has 0 aromatic carbocycles. The van der Waals surface area contributed by atoms with Crippen LogP contribution in [0.2, 0.25) is 0 Å². The summed E-state index contributed by atoms with van der Waals surface area (Å²) in [5.41, 5.74) is 0. The summed E-state index contributed by atoms with van der Waals surface area (Å²) in [5.74, 6) is 0. The van der Waals surface area contributed by atoms with Crippen LogP contribution in [0.1, 0.15) is 45.4 Å². The Labute approximate surface area is 104 Å². The summed E-state index contributed by atoms with van der Waals surface area (Å²) < 4.78 is 4.45. The summed E-state index contributed by atoms with van der Waals surface area (Å²) in [5, 5.41) is 0. The Bertz CT molecular complexity index is 163. The summed E-state index contributed by atoms with van der Waals surface area (Å²) in [6.45, 7) is -1.49. The first-order valence-corrected chi connectivity index (χ1v) is 7.28. The van der Waals surface area contributed by atoms with Crippen molar-refractivity contribution < 1.29 is 33.8 Å². The molecule has 0 aliphatic rings. The van der Waals surface area contributed by atoms with Gasteiger partial charge in [-0.25, -0.2) is 0 Å². The van der Waals surface area contributed by atoms with E-state index in [4.69, 9.17) is 0 Å². The predicted molar refractivity (Wildman–Crippen MR) is 53.6 cm³/mol. The molecule has 0 heterocycles. The molecule has 0 atom stereocenters. The van der Waals surface area contributed by atoms with Crippen LogP contribution in [0.25, 0.3) is 0 Å². The molecule has 0 N–H and O–H groups in total. The molecule has 0 aliphatic carbocycles. The maximum Gasteiger partial charge on any atom is 2.00 e. The number of hydrogen-bond acceptors (Lipinski definition) is 4. The summed E-state index contributed by atoms with van der Waals surface area (Å²) in [4.78, 5) is 20.8. The Morgan fingerprint density at radius 1 is 1.07 bits per heavy atom. The van der Waals surface area contributed by atoms with Crippen LogP contribution >= 0.6 is 6.72 Å². The van der Waals surface area contributed by atoms with Crippen molar-refractivity contribution in [3.8, 4) is 0 Å². The van der Waals surface area contributed by atoms with Gasteiger partial charge in [-0.15, -0.1) is 11.8 Å². The summed E-state index contributed by atoms with van der Waals surface area (Å²) in [7, 11) is 0. The van der Waals surface area contributed by atoms with Gasteiger partial charge in [-0.3, -0.25) is 0 Å². The molecule has 0 aromatic heterocycles. The molecule has 0 rings (SSSR count). The molecule has 0 saturated carbocycles. The number of hydrogen-bond donors (Lipinski definition) is 0. The minimum Gasteiger partial charge on any atom is -0.812 e. The van der Waals surface area contributed by atoms with Crippen molar-refractivity contribution in [1.29, 1.82) is 0 Å². The van der Waals surface area contributed by atoms with Crippen LogP contribution < -0.4 is 9.79 Å². The Hall–Kier alpha value is 1.15. The Kier molecular flexibility index (Phi) is 13.4. The largest absolute Gasteiger partial charge is 2.00 e. The third-order valence-corrected chi connectivity index (χ3v) is 2.56. The van der Waals surface area contributed by atoms with E-state index in [9.17, 15) is 9.79 Å². The SMILES string of the molecule is CCCCCCCCOP([O-])([O-])=S.[Zn+2]. The van der Waals surface area contributed by atoms with Gasteiger partial charge in [0.15, 0.2) is 0 Å². The van der Waals surface area contributed by atoms with E-state index < -0.39 is 6.72 Å². The van der Waals surface area contributed by atoms with Crippen LogP contribution in [0, 0.1) is 0 Å². The van der Waals surface area contributed by atoms with Crippen molar-refractivity contribution in [3.63, 3.8) is 0 Å². The summed E-state index contributed by atoms with van der Waals surface area (Å²) >= 11 is 4.08. The van der Waals surface area contributed by atoms with Crippen molar-refractivity contribution in [1.82, 2.24) is 0 Å². The van der Waals surface area contributed by atoms with Gasteiger partial charge in [-0.2, -0.15) is 0 Å². The van der Waals surface area contributed by atoms with E-state index in [0.717, 1.165) is 19.3 Å². The molecule has 14 heavy (non-hydrogen) atoms. The van der Waals surface area contributed by atoms with Gasteiger partial charge in [0, 0.05) is 6.61 Å². The molecule has 0 spiro atoms. The molecule has 6 heteroatoms. The van der Waals surface area contributed by atoms with Gasteiger partial charge < -0.3 is 14.3 Å². The van der Waals surface area contributed by atoms with Crippen molar-refractivity contribution in [2.45, 2.75) is 45.4 Å². The minimum absolute atomic E-state index is 0. The second-order valence-corrected chi connectivity index (χ2v) is 5.54. The standard InChI is InChI=1S/C8H19O3PS.Zn/c1-2-3-4-5-6-7-8-11-12(9,10)13;/h2-8H2,1H3,(H2,9,10,13);/q;+2/p-2. The normalized spacial score (nSPS) is 11.1. The van der Waals surface area contributed by atoms with Gasteiger partial charge in [0.1, 0.15) is 0 Å². The van der Waals surface area contributed by atoms with Gasteiger partial charge in [-0.1, -0.05) is 45.7 Å². The van der Waals surface area contributed by atoms with E-state index >= 15 is 0 Å². The van der Waals surface area contributed by atoms with E-state index in [1.165, 1.54) is 19.3 Å². The molecular weight excluding hydrogens is 273 g/mol. The fourth-order valence-electron chi connectivity index (χ4n) is 1.06. The number of rotatable bonds is 8. The molecule has 0 unspecified atom stereocenters. The maximum atomic E-state index is 10.4. The first kappa shape index (κ1) is 17.5. The quantitative estimate of drug-likeness (QED) is 0.384. The molecular formula is C8H17O3PSZn. The third kappa shape index (κ3) is 15.6. The van der Waals surface area contributed by atoms with Crippen molar-refractivity contribution in [2.24, 2.45) is 0 Å². The van der Waals surface area contributed by atoms with Crippen LogP contribution in [0.4, 0.5) is 0 Å². The van der Waals surface area contributed by atoms with Crippen molar-refractivity contribution in [2.75, 3.05) is 6.61 Å². The van der Waals surface area contributed by atoms with Gasteiger partial charge >= 0.3 is 19.5 Å². The van der Waals surface area contributed by atoms with Crippen LogP contribution in [-0.2, 0) is 35.8 Å². The Balaban J connectivity index is 0. The molecule has 3 nitrogen and oxygen atoms in total. The monoisotopic (exact) mass is 288 g/mol. The number of unbranched alkanes of at least 4 members (excludes halogenated alkanes) is 5. The van der Waals surface area contributed by atoms with Crippen molar-refractivity contribution >= 4 is 18.5 Å². The topological polar surface area (TPSA) is 55.3 Å². The zero-order chi connectivity index (χ0) is 10.2. The Morgan fingerprint density at radius 3 is 2.07 bits per heavy atom. The maximum absolute atomic E-state index is 10.4. The molecule has 0 fully saturated rings. The molecule has 0 radical (unpaired) electrons. The Morgan fingerprint density at radius 2 is 1.57 bits per heavy atom. The van der Waals surface area contributed by atoms with E-state index in [2.05, 4.69) is 23.3 Å². The summed E-state index contributed by atoms with van der Waals surface area (Å²) in [6, 6.07) is 0. The molecule has 0 amide bonds. The minimum atomic E-state index is -3.89. The van der Waals surface area contributed by atoms with E-state index in [-0.39, 0.29) is 26.1 Å². The molecule has 0 bridgehead atoms. The molecule has 0 aliphatic heterocycles. The first-order chi connectivity index (χ1) is 6.06. The van der Waals surface area contributed by atoms with Crippen LogP contribution in [0.15, 0.2) is 0 Å². The van der Waals surface area contributed by atoms with E-state index in [0.29, 0.717) is 0 Å². The van der Waals surface area contributed by atoms with Crippen LogP contribution in [-0.4, -0.2) is 6.61 Å². The van der Waals surface area contributed by atoms with Gasteiger partial charge in [0.25, 0.3) is 0 Å². The second-order valence-electron chi connectivity index (χ2n) is 3.05. The average molecular weight is 290 g/mol. The van der Waals surface area contributed by atoms with Crippen molar-refractivity contribution in [3.05, 3.63) is 0 Å². The van der Waals surface area contributed by atoms with Gasteiger partial charge in [-0.05, 0) is 6.42 Å². The van der Waals surface area contributed by atoms with E-state index in [1.807, 2.05) is 0 Å². The van der Waals surface area contributed by atoms with Gasteiger partial charge in [0.05, 0.1) is 0 Å². The molecule has 0 aromatic rings. The predicted octanol–water partition coefficient (Wildman–Crippen LogP) is 1.31. The van der Waals surface area contributed by atoms with E-state index in [1.54, 1.807) is 0 Å². The molecule has 0 saturated heterocycles. The zero-order valence-electron chi connectivity index (χ0n) is 8.74. The average Bonchev–Trinajstić information content (AvgIpc) is 2.01. The fourth-order valence-corrected chi connectivity index (χ4v) is 1.64. The van der Waals surface area contributed by atoms with Crippen LogP contribution in [0.5, 0.6) is 0 Å².